The van der Waals surface area contributed by atoms with E-state index in [9.17, 15) is 8.42 Å². The molecule has 106 valence electrons. The number of hydrogen-bond acceptors (Lipinski definition) is 7. The minimum Gasteiger partial charge on any atom is -0.307 e. The van der Waals surface area contributed by atoms with Gasteiger partial charge in [-0.25, -0.2) is 24.0 Å². The molecule has 2 heterocycles. The number of hydrazine groups is 1. The van der Waals surface area contributed by atoms with Crippen molar-refractivity contribution in [1.29, 1.82) is 0 Å². The number of aromatic nitrogens is 3. The number of nitrogen functional groups attached to an aromatic ring is 1. The number of nitrogens with zero attached hydrogens (tertiary/aromatic N) is 3. The number of hydrogen-bond donors (Lipinski definition) is 3. The number of nitrogens with one attached hydrogen (secondary N) is 2. The Labute approximate surface area is 124 Å². The first-order valence-corrected chi connectivity index (χ1v) is 7.69. The van der Waals surface area contributed by atoms with Crippen molar-refractivity contribution >= 4 is 31.8 Å². The van der Waals surface area contributed by atoms with Crippen LogP contribution in [-0.4, -0.2) is 23.6 Å². The van der Waals surface area contributed by atoms with Gasteiger partial charge in [-0.2, -0.15) is 10.2 Å². The van der Waals surface area contributed by atoms with E-state index in [1.54, 1.807) is 12.1 Å². The van der Waals surface area contributed by atoms with Crippen molar-refractivity contribution in [3.63, 3.8) is 0 Å². The summed E-state index contributed by atoms with van der Waals surface area (Å²) in [5, 5.41) is 7.46. The molecule has 0 bridgehead atoms. The van der Waals surface area contributed by atoms with Gasteiger partial charge in [-0.05, 0) is 34.1 Å². The van der Waals surface area contributed by atoms with E-state index in [0.717, 1.165) is 0 Å². The first-order valence-electron chi connectivity index (χ1n) is 5.41. The van der Waals surface area contributed by atoms with Gasteiger partial charge in [-0.15, -0.1) is 0 Å². The summed E-state index contributed by atoms with van der Waals surface area (Å²) >= 11 is 3.17. The SMILES string of the molecule is NNc1ncc(Br)cc1S(=O)(=O)NCc1cccnn1. The monoisotopic (exact) mass is 358 g/mol. The third-order valence-corrected chi connectivity index (χ3v) is 4.16. The lowest BCUT2D eigenvalue weighted by molar-refractivity contribution is 0.580. The maximum atomic E-state index is 12.2. The van der Waals surface area contributed by atoms with Gasteiger partial charge < -0.3 is 5.43 Å². The molecule has 0 unspecified atom stereocenters. The van der Waals surface area contributed by atoms with Gasteiger partial charge in [-0.3, -0.25) is 0 Å². The van der Waals surface area contributed by atoms with Crippen molar-refractivity contribution in [2.45, 2.75) is 11.4 Å². The third kappa shape index (κ3) is 3.48. The summed E-state index contributed by atoms with van der Waals surface area (Å²) in [5.41, 5.74) is 2.75. The highest BCUT2D eigenvalue weighted by atomic mass is 79.9. The molecule has 0 saturated carbocycles. The number of rotatable bonds is 5. The summed E-state index contributed by atoms with van der Waals surface area (Å²) in [6, 6.07) is 4.74. The summed E-state index contributed by atoms with van der Waals surface area (Å²) in [5.74, 6) is 5.32. The van der Waals surface area contributed by atoms with Crippen LogP contribution in [0.4, 0.5) is 5.82 Å². The smallest absolute Gasteiger partial charge is 0.244 e. The van der Waals surface area contributed by atoms with Crippen molar-refractivity contribution < 1.29 is 8.42 Å². The summed E-state index contributed by atoms with van der Waals surface area (Å²) < 4.78 is 27.4. The summed E-state index contributed by atoms with van der Waals surface area (Å²) in [4.78, 5) is 3.83. The van der Waals surface area contributed by atoms with Crippen LogP contribution in [0.5, 0.6) is 0 Å². The van der Waals surface area contributed by atoms with Gasteiger partial charge in [0.05, 0.1) is 12.2 Å². The van der Waals surface area contributed by atoms with E-state index >= 15 is 0 Å². The Kier molecular flexibility index (Phi) is 4.60. The average Bonchev–Trinajstić information content (AvgIpc) is 2.46. The fourth-order valence-corrected chi connectivity index (χ4v) is 3.03. The number of halogens is 1. The first-order chi connectivity index (χ1) is 9.53. The van der Waals surface area contributed by atoms with E-state index in [1.807, 2.05) is 0 Å². The van der Waals surface area contributed by atoms with Crippen LogP contribution in [0.3, 0.4) is 0 Å². The van der Waals surface area contributed by atoms with E-state index in [1.165, 1.54) is 18.5 Å². The Hall–Kier alpha value is -1.62. The van der Waals surface area contributed by atoms with E-state index in [2.05, 4.69) is 41.3 Å². The van der Waals surface area contributed by atoms with E-state index in [-0.39, 0.29) is 17.3 Å². The highest BCUT2D eigenvalue weighted by molar-refractivity contribution is 9.10. The minimum absolute atomic E-state index is 0.0205. The lowest BCUT2D eigenvalue weighted by Crippen LogP contribution is -2.26. The lowest BCUT2D eigenvalue weighted by Gasteiger charge is -2.10. The second-order valence-electron chi connectivity index (χ2n) is 3.68. The maximum absolute atomic E-state index is 12.2. The van der Waals surface area contributed by atoms with Crippen LogP contribution in [0.2, 0.25) is 0 Å². The Balaban J connectivity index is 2.24. The largest absolute Gasteiger partial charge is 0.307 e. The van der Waals surface area contributed by atoms with Gasteiger partial charge in [0.2, 0.25) is 10.0 Å². The van der Waals surface area contributed by atoms with Crippen molar-refractivity contribution in [3.05, 3.63) is 40.8 Å². The molecule has 0 atom stereocenters. The predicted molar refractivity (Wildman–Crippen MR) is 75.8 cm³/mol. The molecule has 0 fully saturated rings. The second-order valence-corrected chi connectivity index (χ2v) is 6.34. The van der Waals surface area contributed by atoms with Gasteiger partial charge in [0.25, 0.3) is 0 Å². The summed E-state index contributed by atoms with van der Waals surface area (Å²) in [6.45, 7) is 0.0205. The predicted octanol–water partition coefficient (Wildman–Crippen LogP) is 0.398. The van der Waals surface area contributed by atoms with Gasteiger partial charge in [0, 0.05) is 16.9 Å². The summed E-state index contributed by atoms with van der Waals surface area (Å²) in [6.07, 6.45) is 2.95. The second kappa shape index (κ2) is 6.22. The van der Waals surface area contributed by atoms with Crippen molar-refractivity contribution in [1.82, 2.24) is 19.9 Å². The zero-order valence-electron chi connectivity index (χ0n) is 10.1. The van der Waals surface area contributed by atoms with Crippen LogP contribution in [-0.2, 0) is 16.6 Å². The van der Waals surface area contributed by atoms with Gasteiger partial charge >= 0.3 is 0 Å². The topological polar surface area (TPSA) is 123 Å². The maximum Gasteiger partial charge on any atom is 0.244 e. The molecule has 0 saturated heterocycles. The Morgan fingerprint density at radius 1 is 1.40 bits per heavy atom. The average molecular weight is 359 g/mol. The molecule has 2 aromatic heterocycles. The van der Waals surface area contributed by atoms with E-state index < -0.39 is 10.0 Å². The molecule has 20 heavy (non-hydrogen) atoms. The van der Waals surface area contributed by atoms with Crippen molar-refractivity contribution in [2.24, 2.45) is 5.84 Å². The Morgan fingerprint density at radius 2 is 2.20 bits per heavy atom. The number of nitrogens with two attached hydrogens (primary N) is 1. The Bertz CT molecular complexity index is 694. The quantitative estimate of drug-likeness (QED) is 0.522. The molecule has 10 heteroatoms. The highest BCUT2D eigenvalue weighted by Crippen LogP contribution is 2.22. The third-order valence-electron chi connectivity index (χ3n) is 2.32. The Morgan fingerprint density at radius 3 is 2.85 bits per heavy atom. The van der Waals surface area contributed by atoms with Gasteiger partial charge in [0.15, 0.2) is 5.82 Å². The molecule has 0 aliphatic heterocycles. The first kappa shape index (κ1) is 14.8. The van der Waals surface area contributed by atoms with E-state index in [4.69, 9.17) is 5.84 Å². The molecule has 0 aliphatic rings. The molecule has 2 aromatic rings. The van der Waals surface area contributed by atoms with Crippen LogP contribution < -0.4 is 16.0 Å². The normalized spacial score (nSPS) is 11.3. The van der Waals surface area contributed by atoms with Crippen LogP contribution in [0, 0.1) is 0 Å². The molecule has 0 spiro atoms. The zero-order chi connectivity index (χ0) is 14.6. The van der Waals surface area contributed by atoms with Crippen LogP contribution >= 0.6 is 15.9 Å². The molecule has 0 aliphatic carbocycles. The molecule has 0 radical (unpaired) electrons. The summed E-state index contributed by atoms with van der Waals surface area (Å²) in [7, 11) is -3.78. The zero-order valence-corrected chi connectivity index (χ0v) is 12.5. The van der Waals surface area contributed by atoms with Crippen molar-refractivity contribution in [2.75, 3.05) is 5.43 Å². The molecule has 2 rings (SSSR count). The minimum atomic E-state index is -3.78. The highest BCUT2D eigenvalue weighted by Gasteiger charge is 2.20. The number of sulfonamides is 1. The fraction of sp³-hybridized carbons (Fsp3) is 0.100. The van der Waals surface area contributed by atoms with E-state index in [0.29, 0.717) is 10.2 Å². The molecule has 0 amide bonds. The lowest BCUT2D eigenvalue weighted by atomic mass is 10.4. The van der Waals surface area contributed by atoms with Crippen LogP contribution in [0.1, 0.15) is 5.69 Å². The van der Waals surface area contributed by atoms with Gasteiger partial charge in [-0.1, -0.05) is 0 Å². The molecular formula is C10H11BrN6O2S. The van der Waals surface area contributed by atoms with Crippen LogP contribution in [0.25, 0.3) is 0 Å². The van der Waals surface area contributed by atoms with Gasteiger partial charge in [0.1, 0.15) is 4.90 Å². The fourth-order valence-electron chi connectivity index (χ4n) is 1.41. The molecule has 8 nitrogen and oxygen atoms in total. The number of anilines is 1. The molecule has 0 aromatic carbocycles. The molecule has 4 N–H and O–H groups in total. The molecular weight excluding hydrogens is 348 g/mol. The standard InChI is InChI=1S/C10H11BrN6O2S/c11-7-4-9(10(16-12)13-5-7)20(18,19)15-6-8-2-1-3-14-17-8/h1-5,15H,6,12H2,(H,13,16). The van der Waals surface area contributed by atoms with Crippen LogP contribution in [0.15, 0.2) is 40.0 Å². The van der Waals surface area contributed by atoms with Crippen molar-refractivity contribution in [3.8, 4) is 0 Å². The number of pyridine rings is 1.